The standard InChI is InChI=1S/C24H34O3/c1-5-19-11-13-21(9-7-15-25-3)23(17-19)27-24-18-20(6-2)12-14-22(24)10-8-16-26-4/h11-14,17-18H,5-10,15-16H2,1-4H3. The van der Waals surface area contributed by atoms with Crippen molar-refractivity contribution < 1.29 is 14.2 Å². The van der Waals surface area contributed by atoms with E-state index in [2.05, 4.69) is 50.2 Å². The van der Waals surface area contributed by atoms with Crippen LogP contribution in [0.3, 0.4) is 0 Å². The molecule has 0 aliphatic carbocycles. The molecule has 0 aliphatic heterocycles. The molecular formula is C24H34O3. The van der Waals surface area contributed by atoms with Crippen molar-refractivity contribution in [3.8, 4) is 11.5 Å². The van der Waals surface area contributed by atoms with Crippen molar-refractivity contribution in [2.75, 3.05) is 27.4 Å². The minimum Gasteiger partial charge on any atom is -0.457 e. The van der Waals surface area contributed by atoms with Crippen LogP contribution in [0.25, 0.3) is 0 Å². The van der Waals surface area contributed by atoms with Gasteiger partial charge in [0.25, 0.3) is 0 Å². The molecule has 0 N–H and O–H groups in total. The fraction of sp³-hybridized carbons (Fsp3) is 0.500. The summed E-state index contributed by atoms with van der Waals surface area (Å²) in [5.74, 6) is 1.96. The fourth-order valence-corrected chi connectivity index (χ4v) is 3.17. The predicted octanol–water partition coefficient (Wildman–Crippen LogP) is 5.76. The molecule has 2 aromatic carbocycles. The lowest BCUT2D eigenvalue weighted by Gasteiger charge is -2.16. The minimum absolute atomic E-state index is 0.766. The Kier molecular flexibility index (Phi) is 9.37. The average Bonchev–Trinajstić information content (AvgIpc) is 2.70. The second-order valence-corrected chi connectivity index (χ2v) is 6.89. The van der Waals surface area contributed by atoms with Gasteiger partial charge < -0.3 is 14.2 Å². The molecule has 0 saturated heterocycles. The van der Waals surface area contributed by atoms with E-state index in [1.54, 1.807) is 14.2 Å². The normalized spacial score (nSPS) is 11.0. The lowest BCUT2D eigenvalue weighted by molar-refractivity contribution is 0.195. The first kappa shape index (κ1) is 21.5. The summed E-state index contributed by atoms with van der Waals surface area (Å²) >= 11 is 0. The molecule has 27 heavy (non-hydrogen) atoms. The number of hydrogen-bond acceptors (Lipinski definition) is 3. The maximum Gasteiger partial charge on any atom is 0.130 e. The highest BCUT2D eigenvalue weighted by molar-refractivity contribution is 5.45. The minimum atomic E-state index is 0.766. The van der Waals surface area contributed by atoms with Crippen LogP contribution in [0, 0.1) is 0 Å². The molecule has 3 heteroatoms. The van der Waals surface area contributed by atoms with Gasteiger partial charge in [0.05, 0.1) is 0 Å². The molecule has 0 aromatic heterocycles. The Labute approximate surface area is 164 Å². The van der Waals surface area contributed by atoms with Crippen LogP contribution in [-0.4, -0.2) is 27.4 Å². The molecule has 3 nitrogen and oxygen atoms in total. The molecule has 148 valence electrons. The van der Waals surface area contributed by atoms with Crippen LogP contribution < -0.4 is 4.74 Å². The highest BCUT2D eigenvalue weighted by Crippen LogP contribution is 2.32. The highest BCUT2D eigenvalue weighted by atomic mass is 16.5. The van der Waals surface area contributed by atoms with Crippen molar-refractivity contribution in [2.45, 2.75) is 52.4 Å². The number of methoxy groups -OCH3 is 2. The molecule has 0 fully saturated rings. The van der Waals surface area contributed by atoms with Gasteiger partial charge >= 0.3 is 0 Å². The Bertz CT molecular complexity index is 635. The first-order valence-corrected chi connectivity index (χ1v) is 10.1. The fourth-order valence-electron chi connectivity index (χ4n) is 3.17. The van der Waals surface area contributed by atoms with E-state index in [4.69, 9.17) is 14.2 Å². The summed E-state index contributed by atoms with van der Waals surface area (Å²) < 4.78 is 16.9. The third-order valence-electron chi connectivity index (χ3n) is 4.89. The van der Waals surface area contributed by atoms with Crippen LogP contribution in [0.2, 0.25) is 0 Å². The number of aryl methyl sites for hydroxylation is 4. The molecule has 0 bridgehead atoms. The predicted molar refractivity (Wildman–Crippen MR) is 112 cm³/mol. The highest BCUT2D eigenvalue weighted by Gasteiger charge is 2.11. The van der Waals surface area contributed by atoms with E-state index in [1.165, 1.54) is 22.3 Å². The third-order valence-corrected chi connectivity index (χ3v) is 4.89. The van der Waals surface area contributed by atoms with Crippen LogP contribution in [0.4, 0.5) is 0 Å². The van der Waals surface area contributed by atoms with Gasteiger partial charge in [-0.05, 0) is 72.9 Å². The summed E-state index contributed by atoms with van der Waals surface area (Å²) in [6.45, 7) is 5.89. The molecule has 0 unspecified atom stereocenters. The van der Waals surface area contributed by atoms with Crippen molar-refractivity contribution in [1.29, 1.82) is 0 Å². The van der Waals surface area contributed by atoms with Gasteiger partial charge in [-0.25, -0.2) is 0 Å². The van der Waals surface area contributed by atoms with Crippen LogP contribution >= 0.6 is 0 Å². The van der Waals surface area contributed by atoms with Crippen LogP contribution in [-0.2, 0) is 35.2 Å². The van der Waals surface area contributed by atoms with Crippen molar-refractivity contribution in [3.63, 3.8) is 0 Å². The van der Waals surface area contributed by atoms with Gasteiger partial charge in [-0.3, -0.25) is 0 Å². The van der Waals surface area contributed by atoms with Crippen LogP contribution in [0.15, 0.2) is 36.4 Å². The Morgan fingerprint density at radius 1 is 0.667 bits per heavy atom. The van der Waals surface area contributed by atoms with Gasteiger partial charge in [-0.15, -0.1) is 0 Å². The van der Waals surface area contributed by atoms with Gasteiger partial charge in [-0.2, -0.15) is 0 Å². The molecular weight excluding hydrogens is 336 g/mol. The Morgan fingerprint density at radius 2 is 1.11 bits per heavy atom. The summed E-state index contributed by atoms with van der Waals surface area (Å²) in [6, 6.07) is 13.2. The lowest BCUT2D eigenvalue weighted by atomic mass is 10.0. The van der Waals surface area contributed by atoms with Gasteiger partial charge in [-0.1, -0.05) is 38.1 Å². The summed E-state index contributed by atoms with van der Waals surface area (Å²) in [4.78, 5) is 0. The maximum absolute atomic E-state index is 6.51. The van der Waals surface area contributed by atoms with E-state index in [1.807, 2.05) is 0 Å². The monoisotopic (exact) mass is 370 g/mol. The van der Waals surface area contributed by atoms with E-state index in [0.717, 1.165) is 63.2 Å². The summed E-state index contributed by atoms with van der Waals surface area (Å²) in [5.41, 5.74) is 5.09. The number of rotatable bonds is 12. The van der Waals surface area contributed by atoms with Gasteiger partial charge in [0.1, 0.15) is 11.5 Å². The van der Waals surface area contributed by atoms with Crippen LogP contribution in [0.5, 0.6) is 11.5 Å². The van der Waals surface area contributed by atoms with E-state index < -0.39 is 0 Å². The smallest absolute Gasteiger partial charge is 0.130 e. The van der Waals surface area contributed by atoms with E-state index in [-0.39, 0.29) is 0 Å². The molecule has 0 heterocycles. The van der Waals surface area contributed by atoms with E-state index in [9.17, 15) is 0 Å². The molecule has 2 aromatic rings. The zero-order valence-electron chi connectivity index (χ0n) is 17.3. The van der Waals surface area contributed by atoms with Crippen molar-refractivity contribution in [1.82, 2.24) is 0 Å². The number of ether oxygens (including phenoxy) is 3. The number of benzene rings is 2. The summed E-state index contributed by atoms with van der Waals surface area (Å²) in [6.07, 6.45) is 5.91. The molecule has 0 spiro atoms. The molecule has 0 radical (unpaired) electrons. The Morgan fingerprint density at radius 3 is 1.48 bits per heavy atom. The molecule has 2 rings (SSSR count). The van der Waals surface area contributed by atoms with Crippen molar-refractivity contribution in [3.05, 3.63) is 58.7 Å². The van der Waals surface area contributed by atoms with E-state index in [0.29, 0.717) is 0 Å². The number of hydrogen-bond donors (Lipinski definition) is 0. The average molecular weight is 371 g/mol. The Balaban J connectivity index is 2.29. The molecule has 0 amide bonds. The molecule has 0 atom stereocenters. The van der Waals surface area contributed by atoms with Crippen LogP contribution in [0.1, 0.15) is 48.9 Å². The summed E-state index contributed by atoms with van der Waals surface area (Å²) in [5, 5.41) is 0. The molecule has 0 aliphatic rings. The maximum atomic E-state index is 6.51. The van der Waals surface area contributed by atoms with Crippen molar-refractivity contribution >= 4 is 0 Å². The Hall–Kier alpha value is -1.84. The third kappa shape index (κ3) is 6.67. The largest absolute Gasteiger partial charge is 0.457 e. The second-order valence-electron chi connectivity index (χ2n) is 6.89. The topological polar surface area (TPSA) is 27.7 Å². The summed E-state index contributed by atoms with van der Waals surface area (Å²) in [7, 11) is 3.50. The SMILES string of the molecule is CCc1ccc(CCCOC)c(Oc2cc(CC)ccc2CCCOC)c1. The van der Waals surface area contributed by atoms with Crippen molar-refractivity contribution in [2.24, 2.45) is 0 Å². The van der Waals surface area contributed by atoms with E-state index >= 15 is 0 Å². The second kappa shape index (κ2) is 11.8. The van der Waals surface area contributed by atoms with Gasteiger partial charge in [0, 0.05) is 27.4 Å². The van der Waals surface area contributed by atoms with Gasteiger partial charge in [0.2, 0.25) is 0 Å². The first-order chi connectivity index (χ1) is 13.2. The zero-order chi connectivity index (χ0) is 19.5. The zero-order valence-corrected chi connectivity index (χ0v) is 17.3. The quantitative estimate of drug-likeness (QED) is 0.444. The van der Waals surface area contributed by atoms with Gasteiger partial charge in [0.15, 0.2) is 0 Å². The first-order valence-electron chi connectivity index (χ1n) is 10.1. The lowest BCUT2D eigenvalue weighted by Crippen LogP contribution is -2.00. The molecule has 0 saturated carbocycles.